The van der Waals surface area contributed by atoms with Crippen LogP contribution in [0.15, 0.2) is 42.5 Å². The van der Waals surface area contributed by atoms with E-state index in [9.17, 15) is 9.59 Å². The largest absolute Gasteiger partial charge is 0.496 e. The van der Waals surface area contributed by atoms with Crippen LogP contribution >= 0.6 is 0 Å². The third kappa shape index (κ3) is 4.31. The average Bonchev–Trinajstić information content (AvgIpc) is 3.12. The topological polar surface area (TPSA) is 79.9 Å². The number of para-hydroxylation sites is 1. The predicted molar refractivity (Wildman–Crippen MR) is 103 cm³/mol. The lowest BCUT2D eigenvalue weighted by Crippen LogP contribution is -2.28. The maximum Gasteiger partial charge on any atom is 0.319 e. The molecule has 0 aliphatic carbocycles. The summed E-state index contributed by atoms with van der Waals surface area (Å²) in [6.45, 7) is 1.02. The predicted octanol–water partition coefficient (Wildman–Crippen LogP) is 3.15. The summed E-state index contributed by atoms with van der Waals surface area (Å²) in [6.07, 6.45) is 1.39. The number of anilines is 2. The third-order valence-corrected chi connectivity index (χ3v) is 4.43. The Morgan fingerprint density at radius 2 is 1.89 bits per heavy atom. The van der Waals surface area contributed by atoms with Crippen molar-refractivity contribution >= 4 is 23.3 Å². The van der Waals surface area contributed by atoms with E-state index in [2.05, 4.69) is 10.6 Å². The zero-order valence-corrected chi connectivity index (χ0v) is 15.5. The lowest BCUT2D eigenvalue weighted by atomic mass is 10.2. The standard InChI is InChI=1S/C20H23N3O4/c1-26-17-7-4-3-6-14(17)13-21-20(25)22-15-9-10-16(18(12-15)27-2)23-11-5-8-19(23)24/h3-4,6-7,9-10,12H,5,8,11,13H2,1-2H3,(H2,21,22,25). The van der Waals surface area contributed by atoms with Crippen LogP contribution in [-0.4, -0.2) is 32.7 Å². The fourth-order valence-corrected chi connectivity index (χ4v) is 3.08. The number of carbonyl (C=O) groups excluding carboxylic acids is 2. The number of methoxy groups -OCH3 is 2. The fourth-order valence-electron chi connectivity index (χ4n) is 3.08. The summed E-state index contributed by atoms with van der Waals surface area (Å²) < 4.78 is 10.7. The highest BCUT2D eigenvalue weighted by atomic mass is 16.5. The van der Waals surface area contributed by atoms with Gasteiger partial charge in [-0.3, -0.25) is 4.79 Å². The van der Waals surface area contributed by atoms with E-state index in [4.69, 9.17) is 9.47 Å². The minimum Gasteiger partial charge on any atom is -0.496 e. The van der Waals surface area contributed by atoms with Gasteiger partial charge in [0, 0.05) is 36.8 Å². The van der Waals surface area contributed by atoms with Gasteiger partial charge in [0.05, 0.1) is 19.9 Å². The second kappa shape index (κ2) is 8.44. The van der Waals surface area contributed by atoms with Gasteiger partial charge < -0.3 is 25.0 Å². The van der Waals surface area contributed by atoms with Crippen LogP contribution in [0.5, 0.6) is 11.5 Å². The van der Waals surface area contributed by atoms with Crippen molar-refractivity contribution in [3.8, 4) is 11.5 Å². The van der Waals surface area contributed by atoms with Crippen molar-refractivity contribution in [1.82, 2.24) is 5.32 Å². The number of urea groups is 1. The molecule has 3 rings (SSSR count). The van der Waals surface area contributed by atoms with Crippen molar-refractivity contribution in [3.05, 3.63) is 48.0 Å². The Morgan fingerprint density at radius 3 is 2.59 bits per heavy atom. The van der Waals surface area contributed by atoms with Gasteiger partial charge in [-0.15, -0.1) is 0 Å². The number of nitrogens with one attached hydrogen (secondary N) is 2. The summed E-state index contributed by atoms with van der Waals surface area (Å²) in [7, 11) is 3.14. The van der Waals surface area contributed by atoms with Crippen LogP contribution in [0.1, 0.15) is 18.4 Å². The molecular formula is C20H23N3O4. The number of hydrogen-bond acceptors (Lipinski definition) is 4. The van der Waals surface area contributed by atoms with E-state index in [1.165, 1.54) is 0 Å². The van der Waals surface area contributed by atoms with Crippen LogP contribution in [0.2, 0.25) is 0 Å². The highest BCUT2D eigenvalue weighted by Crippen LogP contribution is 2.33. The summed E-state index contributed by atoms with van der Waals surface area (Å²) in [4.78, 5) is 25.9. The minimum absolute atomic E-state index is 0.0866. The molecule has 1 aliphatic heterocycles. The Kier molecular flexibility index (Phi) is 5.80. The zero-order valence-electron chi connectivity index (χ0n) is 15.5. The molecule has 7 heteroatoms. The molecule has 1 saturated heterocycles. The van der Waals surface area contributed by atoms with Crippen molar-refractivity contribution < 1.29 is 19.1 Å². The van der Waals surface area contributed by atoms with Gasteiger partial charge in [-0.1, -0.05) is 18.2 Å². The Morgan fingerprint density at radius 1 is 1.11 bits per heavy atom. The molecule has 0 saturated carbocycles. The van der Waals surface area contributed by atoms with E-state index in [1.54, 1.807) is 37.3 Å². The Bertz CT molecular complexity index is 838. The Labute approximate surface area is 158 Å². The van der Waals surface area contributed by atoms with Gasteiger partial charge in [0.15, 0.2) is 0 Å². The van der Waals surface area contributed by atoms with Crippen molar-refractivity contribution in [2.75, 3.05) is 31.0 Å². The minimum atomic E-state index is -0.340. The molecule has 2 aromatic carbocycles. The molecular weight excluding hydrogens is 346 g/mol. The summed E-state index contributed by atoms with van der Waals surface area (Å²) >= 11 is 0. The molecule has 3 amide bonds. The Balaban J connectivity index is 1.64. The molecule has 2 N–H and O–H groups in total. The first-order valence-electron chi connectivity index (χ1n) is 8.77. The molecule has 2 aromatic rings. The Hall–Kier alpha value is -3.22. The van der Waals surface area contributed by atoms with E-state index >= 15 is 0 Å². The molecule has 7 nitrogen and oxygen atoms in total. The second-order valence-electron chi connectivity index (χ2n) is 6.16. The third-order valence-electron chi connectivity index (χ3n) is 4.43. The number of amides is 3. The molecule has 1 fully saturated rings. The van der Waals surface area contributed by atoms with Crippen LogP contribution in [0.4, 0.5) is 16.2 Å². The summed E-state index contributed by atoms with van der Waals surface area (Å²) in [5, 5.41) is 5.58. The molecule has 0 unspecified atom stereocenters. The van der Waals surface area contributed by atoms with Crippen molar-refractivity contribution in [2.45, 2.75) is 19.4 Å². The summed E-state index contributed by atoms with van der Waals surface area (Å²) in [5.41, 5.74) is 2.19. The van der Waals surface area contributed by atoms with E-state index in [1.807, 2.05) is 24.3 Å². The molecule has 1 heterocycles. The number of benzene rings is 2. The highest BCUT2D eigenvalue weighted by molar-refractivity contribution is 5.97. The average molecular weight is 369 g/mol. The molecule has 0 atom stereocenters. The second-order valence-corrected chi connectivity index (χ2v) is 6.16. The van der Waals surface area contributed by atoms with Crippen molar-refractivity contribution in [1.29, 1.82) is 0 Å². The maximum atomic E-state index is 12.2. The van der Waals surface area contributed by atoms with Gasteiger partial charge in [0.25, 0.3) is 0 Å². The van der Waals surface area contributed by atoms with E-state index in [-0.39, 0.29) is 11.9 Å². The van der Waals surface area contributed by atoms with Gasteiger partial charge in [-0.25, -0.2) is 4.79 Å². The van der Waals surface area contributed by atoms with E-state index in [0.29, 0.717) is 30.9 Å². The zero-order chi connectivity index (χ0) is 19.2. The number of rotatable bonds is 6. The number of carbonyl (C=O) groups is 2. The normalized spacial score (nSPS) is 13.4. The maximum absolute atomic E-state index is 12.2. The molecule has 142 valence electrons. The molecule has 0 radical (unpaired) electrons. The lowest BCUT2D eigenvalue weighted by molar-refractivity contribution is -0.117. The number of ether oxygens (including phenoxy) is 2. The quantitative estimate of drug-likeness (QED) is 0.820. The van der Waals surface area contributed by atoms with Crippen LogP contribution in [-0.2, 0) is 11.3 Å². The monoisotopic (exact) mass is 369 g/mol. The molecule has 27 heavy (non-hydrogen) atoms. The summed E-state index contributed by atoms with van der Waals surface area (Å²) in [6, 6.07) is 12.4. The summed E-state index contributed by atoms with van der Waals surface area (Å²) in [5.74, 6) is 1.36. The molecule has 0 bridgehead atoms. The van der Waals surface area contributed by atoms with E-state index < -0.39 is 0 Å². The molecule has 0 spiro atoms. The van der Waals surface area contributed by atoms with Gasteiger partial charge in [-0.05, 0) is 24.6 Å². The number of hydrogen-bond donors (Lipinski definition) is 2. The first-order chi connectivity index (χ1) is 13.1. The fraction of sp³-hybridized carbons (Fsp3) is 0.300. The van der Waals surface area contributed by atoms with Crippen LogP contribution in [0.25, 0.3) is 0 Å². The van der Waals surface area contributed by atoms with Gasteiger partial charge in [0.1, 0.15) is 11.5 Å². The van der Waals surface area contributed by atoms with Gasteiger partial charge in [-0.2, -0.15) is 0 Å². The SMILES string of the molecule is COc1ccccc1CNC(=O)Nc1ccc(N2CCCC2=O)c(OC)c1. The highest BCUT2D eigenvalue weighted by Gasteiger charge is 2.24. The number of nitrogens with zero attached hydrogens (tertiary/aromatic N) is 1. The van der Waals surface area contributed by atoms with Crippen molar-refractivity contribution in [3.63, 3.8) is 0 Å². The van der Waals surface area contributed by atoms with Crippen LogP contribution in [0, 0.1) is 0 Å². The lowest BCUT2D eigenvalue weighted by Gasteiger charge is -2.19. The molecule has 1 aliphatic rings. The first kappa shape index (κ1) is 18.6. The van der Waals surface area contributed by atoms with Gasteiger partial charge >= 0.3 is 6.03 Å². The van der Waals surface area contributed by atoms with Crippen molar-refractivity contribution in [2.24, 2.45) is 0 Å². The first-order valence-corrected chi connectivity index (χ1v) is 8.77. The smallest absolute Gasteiger partial charge is 0.319 e. The van der Waals surface area contributed by atoms with Crippen LogP contribution in [0.3, 0.4) is 0 Å². The van der Waals surface area contributed by atoms with Gasteiger partial charge in [0.2, 0.25) is 5.91 Å². The van der Waals surface area contributed by atoms with E-state index in [0.717, 1.165) is 23.4 Å². The molecule has 0 aromatic heterocycles. The van der Waals surface area contributed by atoms with Crippen LogP contribution < -0.4 is 25.0 Å².